The van der Waals surface area contributed by atoms with E-state index in [2.05, 4.69) is 51.1 Å². The molecule has 2 N–H and O–H groups in total. The van der Waals surface area contributed by atoms with Crippen molar-refractivity contribution in [3.8, 4) is 0 Å². The number of aryl methyl sites for hydroxylation is 2. The van der Waals surface area contributed by atoms with Gasteiger partial charge in [0.1, 0.15) is 5.76 Å². The molecule has 3 rings (SSSR count). The fourth-order valence-corrected chi connectivity index (χ4v) is 4.07. The van der Waals surface area contributed by atoms with Crippen molar-refractivity contribution in [3.05, 3.63) is 47.3 Å². The van der Waals surface area contributed by atoms with E-state index < -0.39 is 0 Å². The number of halogens is 1. The molecule has 2 aromatic rings. The minimum atomic E-state index is 0. The first-order valence-electron chi connectivity index (χ1n) is 8.72. The van der Waals surface area contributed by atoms with Crippen LogP contribution in [0.1, 0.15) is 29.9 Å². The van der Waals surface area contributed by atoms with Crippen molar-refractivity contribution in [3.63, 3.8) is 0 Å². The summed E-state index contributed by atoms with van der Waals surface area (Å²) in [7, 11) is 1.81. The van der Waals surface area contributed by atoms with Crippen LogP contribution >= 0.6 is 35.7 Å². The molecule has 26 heavy (non-hydrogen) atoms. The number of hydrogen-bond donors (Lipinski definition) is 2. The van der Waals surface area contributed by atoms with Gasteiger partial charge in [-0.25, -0.2) is 0 Å². The van der Waals surface area contributed by atoms with Crippen LogP contribution in [0.5, 0.6) is 0 Å². The lowest BCUT2D eigenvalue weighted by atomic mass is 10.1. The lowest BCUT2D eigenvalue weighted by molar-refractivity contribution is 0.392. The van der Waals surface area contributed by atoms with Crippen LogP contribution in [-0.2, 0) is 6.42 Å². The Morgan fingerprint density at radius 2 is 1.96 bits per heavy atom. The molecule has 0 unspecified atom stereocenters. The van der Waals surface area contributed by atoms with Gasteiger partial charge in [-0.1, -0.05) is 23.4 Å². The Morgan fingerprint density at radius 1 is 1.23 bits per heavy atom. The number of thioether (sulfide) groups is 1. The van der Waals surface area contributed by atoms with E-state index in [1.54, 1.807) is 0 Å². The molecule has 1 aromatic carbocycles. The predicted molar refractivity (Wildman–Crippen MR) is 119 cm³/mol. The van der Waals surface area contributed by atoms with Crippen LogP contribution in [0.3, 0.4) is 0 Å². The summed E-state index contributed by atoms with van der Waals surface area (Å²) in [6, 6.07) is 10.6. The van der Waals surface area contributed by atoms with Crippen LogP contribution in [0.2, 0.25) is 0 Å². The molecular formula is C19H27IN4OS. The average Bonchev–Trinajstić information content (AvgIpc) is 3.31. The quantitative estimate of drug-likeness (QED) is 0.353. The number of aromatic nitrogens is 1. The SMILES string of the molecule is CN=C(NCCc1c(C)noc1C)NCC1(Sc2ccccc2)CC1.I. The monoisotopic (exact) mass is 486 g/mol. The van der Waals surface area contributed by atoms with Crippen LogP contribution in [0.15, 0.2) is 44.7 Å². The summed E-state index contributed by atoms with van der Waals surface area (Å²) in [5.41, 5.74) is 2.15. The second-order valence-electron chi connectivity index (χ2n) is 6.50. The van der Waals surface area contributed by atoms with E-state index in [1.807, 2.05) is 32.7 Å². The molecule has 0 spiro atoms. The van der Waals surface area contributed by atoms with E-state index in [4.69, 9.17) is 4.52 Å². The molecule has 142 valence electrons. The van der Waals surface area contributed by atoms with Gasteiger partial charge < -0.3 is 15.2 Å². The number of rotatable bonds is 7. The summed E-state index contributed by atoms with van der Waals surface area (Å²) in [5, 5.41) is 10.9. The molecule has 0 bridgehead atoms. The van der Waals surface area contributed by atoms with Crippen molar-refractivity contribution in [1.82, 2.24) is 15.8 Å². The van der Waals surface area contributed by atoms with E-state index in [-0.39, 0.29) is 24.0 Å². The molecule has 1 aliphatic rings. The Balaban J connectivity index is 0.00000243. The van der Waals surface area contributed by atoms with Crippen LogP contribution in [0.25, 0.3) is 0 Å². The van der Waals surface area contributed by atoms with Crippen molar-refractivity contribution in [1.29, 1.82) is 0 Å². The molecule has 5 nitrogen and oxygen atoms in total. The van der Waals surface area contributed by atoms with Crippen molar-refractivity contribution < 1.29 is 4.52 Å². The Labute approximate surface area is 176 Å². The first-order chi connectivity index (χ1) is 12.1. The maximum absolute atomic E-state index is 5.21. The minimum absolute atomic E-state index is 0. The summed E-state index contributed by atoms with van der Waals surface area (Å²) in [6.07, 6.45) is 3.37. The van der Waals surface area contributed by atoms with Gasteiger partial charge in [0.25, 0.3) is 0 Å². The Kier molecular flexibility index (Phi) is 7.82. The van der Waals surface area contributed by atoms with E-state index in [9.17, 15) is 0 Å². The molecule has 1 fully saturated rings. The molecular weight excluding hydrogens is 459 g/mol. The molecule has 1 saturated carbocycles. The highest BCUT2D eigenvalue weighted by atomic mass is 127. The highest BCUT2D eigenvalue weighted by Crippen LogP contribution is 2.51. The number of benzene rings is 1. The highest BCUT2D eigenvalue weighted by molar-refractivity contribution is 14.0. The van der Waals surface area contributed by atoms with Crippen molar-refractivity contribution in [2.24, 2.45) is 4.99 Å². The maximum atomic E-state index is 5.21. The van der Waals surface area contributed by atoms with Crippen molar-refractivity contribution in [2.45, 2.75) is 42.8 Å². The molecule has 1 aliphatic carbocycles. The van der Waals surface area contributed by atoms with Gasteiger partial charge in [0, 0.05) is 35.3 Å². The van der Waals surface area contributed by atoms with Crippen LogP contribution < -0.4 is 10.6 Å². The van der Waals surface area contributed by atoms with E-state index in [0.717, 1.165) is 36.9 Å². The molecule has 0 saturated heterocycles. The van der Waals surface area contributed by atoms with Crippen LogP contribution in [0, 0.1) is 13.8 Å². The molecule has 0 radical (unpaired) electrons. The summed E-state index contributed by atoms with van der Waals surface area (Å²) in [4.78, 5) is 5.67. The Bertz CT molecular complexity index is 709. The van der Waals surface area contributed by atoms with Gasteiger partial charge in [0.2, 0.25) is 0 Å². The number of aliphatic imine (C=N–C) groups is 1. The zero-order valence-electron chi connectivity index (χ0n) is 15.5. The van der Waals surface area contributed by atoms with Gasteiger partial charge >= 0.3 is 0 Å². The summed E-state index contributed by atoms with van der Waals surface area (Å²) in [5.74, 6) is 1.75. The standard InChI is InChI=1S/C19H26N4OS.HI/c1-14-17(15(2)24-23-14)9-12-21-18(20-3)22-13-19(10-11-19)25-16-7-5-4-6-8-16;/h4-8H,9-13H2,1-3H3,(H2,20,21,22);1H. The topological polar surface area (TPSA) is 62.5 Å². The lowest BCUT2D eigenvalue weighted by Gasteiger charge is -2.18. The third kappa shape index (κ3) is 5.64. The second-order valence-corrected chi connectivity index (χ2v) is 8.04. The molecule has 1 aromatic heterocycles. The Hall–Kier alpha value is -1.22. The Morgan fingerprint density at radius 3 is 2.54 bits per heavy atom. The zero-order valence-corrected chi connectivity index (χ0v) is 18.7. The minimum Gasteiger partial charge on any atom is -0.361 e. The summed E-state index contributed by atoms with van der Waals surface area (Å²) >= 11 is 1.97. The first kappa shape index (κ1) is 21.1. The van der Waals surface area contributed by atoms with Gasteiger partial charge in [0.15, 0.2) is 5.96 Å². The third-order valence-electron chi connectivity index (χ3n) is 4.54. The molecule has 0 aliphatic heterocycles. The van der Waals surface area contributed by atoms with Crippen molar-refractivity contribution in [2.75, 3.05) is 20.1 Å². The molecule has 0 amide bonds. The predicted octanol–water partition coefficient (Wildman–Crippen LogP) is 3.94. The van der Waals surface area contributed by atoms with E-state index >= 15 is 0 Å². The number of nitrogens with one attached hydrogen (secondary N) is 2. The second kappa shape index (κ2) is 9.64. The average molecular weight is 486 g/mol. The number of nitrogens with zero attached hydrogens (tertiary/aromatic N) is 2. The van der Waals surface area contributed by atoms with Crippen LogP contribution in [0.4, 0.5) is 0 Å². The zero-order chi connectivity index (χ0) is 17.7. The van der Waals surface area contributed by atoms with E-state index in [1.165, 1.54) is 23.3 Å². The molecule has 1 heterocycles. The van der Waals surface area contributed by atoms with E-state index in [0.29, 0.717) is 4.75 Å². The largest absolute Gasteiger partial charge is 0.361 e. The summed E-state index contributed by atoms with van der Waals surface area (Å²) in [6.45, 7) is 5.68. The fourth-order valence-electron chi connectivity index (χ4n) is 2.82. The normalized spacial score (nSPS) is 15.3. The van der Waals surface area contributed by atoms with Crippen molar-refractivity contribution >= 4 is 41.7 Å². The van der Waals surface area contributed by atoms with Gasteiger partial charge in [-0.05, 0) is 45.2 Å². The van der Waals surface area contributed by atoms with Gasteiger partial charge in [0.05, 0.1) is 5.69 Å². The highest BCUT2D eigenvalue weighted by Gasteiger charge is 2.43. The number of guanidine groups is 1. The third-order valence-corrected chi connectivity index (χ3v) is 6.03. The molecule has 7 heteroatoms. The lowest BCUT2D eigenvalue weighted by Crippen LogP contribution is -2.41. The van der Waals surface area contributed by atoms with Crippen LogP contribution in [-0.4, -0.2) is 36.0 Å². The summed E-state index contributed by atoms with van der Waals surface area (Å²) < 4.78 is 5.52. The first-order valence-corrected chi connectivity index (χ1v) is 9.54. The van der Waals surface area contributed by atoms with Gasteiger partial charge in [-0.15, -0.1) is 35.7 Å². The maximum Gasteiger partial charge on any atom is 0.191 e. The number of hydrogen-bond acceptors (Lipinski definition) is 4. The van der Waals surface area contributed by atoms with Gasteiger partial charge in [-0.3, -0.25) is 4.99 Å². The van der Waals surface area contributed by atoms with Gasteiger partial charge in [-0.2, -0.15) is 0 Å². The fraction of sp³-hybridized carbons (Fsp3) is 0.474. The molecule has 0 atom stereocenters. The smallest absolute Gasteiger partial charge is 0.191 e.